The van der Waals surface area contributed by atoms with Crippen LogP contribution in [0.3, 0.4) is 0 Å². The van der Waals surface area contributed by atoms with Gasteiger partial charge in [-0.3, -0.25) is 9.59 Å². The Kier molecular flexibility index (Phi) is 54.6. The SMILES string of the molecule is CC/C=C\C/C=C\C/C=C\C/C=C\C/C=C\CCCC(=O)OC1C(OCC(NC(=O)C(O)CCCCCCCCCCCCCCCC/C=C/CCCCCCCC)C(O)/C=C/CCCCCCCCCCCC)OC(CO)C(O)C1O. The van der Waals surface area contributed by atoms with E-state index in [1.165, 1.54) is 167 Å². The molecule has 0 aromatic rings. The number of allylic oxidation sites excluding steroid dienone is 13. The highest BCUT2D eigenvalue weighted by Gasteiger charge is 2.47. The molecule has 0 radical (unpaired) electrons. The van der Waals surface area contributed by atoms with Gasteiger partial charge in [0.1, 0.15) is 24.4 Å². The van der Waals surface area contributed by atoms with Gasteiger partial charge in [0.05, 0.1) is 25.4 Å². The minimum absolute atomic E-state index is 0.0429. The molecule has 474 valence electrons. The van der Waals surface area contributed by atoms with E-state index in [-0.39, 0.29) is 19.4 Å². The maximum absolute atomic E-state index is 13.5. The highest BCUT2D eigenvalue weighted by molar-refractivity contribution is 5.80. The van der Waals surface area contributed by atoms with Gasteiger partial charge in [-0.05, 0) is 89.9 Å². The number of hydrogen-bond acceptors (Lipinski definition) is 10. The van der Waals surface area contributed by atoms with E-state index in [0.717, 1.165) is 70.6 Å². The van der Waals surface area contributed by atoms with Crippen molar-refractivity contribution in [2.75, 3.05) is 13.2 Å². The fraction of sp³-hybridized carbons (Fsp3) is 0.775. The molecule has 82 heavy (non-hydrogen) atoms. The van der Waals surface area contributed by atoms with Crippen LogP contribution in [0.2, 0.25) is 0 Å². The van der Waals surface area contributed by atoms with Crippen molar-refractivity contribution in [1.82, 2.24) is 5.32 Å². The summed E-state index contributed by atoms with van der Waals surface area (Å²) in [6.45, 7) is 5.66. The zero-order chi connectivity index (χ0) is 59.6. The van der Waals surface area contributed by atoms with Crippen molar-refractivity contribution < 1.29 is 49.3 Å². The minimum Gasteiger partial charge on any atom is -0.454 e. The molecule has 8 atom stereocenters. The van der Waals surface area contributed by atoms with Crippen LogP contribution in [-0.4, -0.2) is 99.6 Å². The third-order valence-electron chi connectivity index (χ3n) is 15.5. The van der Waals surface area contributed by atoms with Gasteiger partial charge in [0.25, 0.3) is 0 Å². The molecule has 0 aromatic carbocycles. The summed E-state index contributed by atoms with van der Waals surface area (Å²) in [6, 6.07) is -1.04. The number of esters is 1. The quantitative estimate of drug-likeness (QED) is 0.0195. The van der Waals surface area contributed by atoms with Crippen molar-refractivity contribution in [3.05, 3.63) is 85.1 Å². The van der Waals surface area contributed by atoms with Crippen LogP contribution < -0.4 is 5.32 Å². The molecule has 1 saturated heterocycles. The maximum Gasteiger partial charge on any atom is 0.306 e. The van der Waals surface area contributed by atoms with Crippen molar-refractivity contribution >= 4 is 11.9 Å². The molecule has 1 aliphatic rings. The molecule has 0 bridgehead atoms. The first-order valence-electron chi connectivity index (χ1n) is 33.9. The number of aliphatic hydroxyl groups is 5. The van der Waals surface area contributed by atoms with E-state index < -0.39 is 67.4 Å². The number of aliphatic hydroxyl groups excluding tert-OH is 5. The molecule has 6 N–H and O–H groups in total. The molecular formula is C71H125NO10. The number of nitrogens with one attached hydrogen (secondary N) is 1. The second-order valence-corrected chi connectivity index (χ2v) is 23.2. The molecule has 1 aliphatic heterocycles. The number of carbonyl (C=O) groups is 2. The van der Waals surface area contributed by atoms with Gasteiger partial charge in [-0.15, -0.1) is 0 Å². The highest BCUT2D eigenvalue weighted by Crippen LogP contribution is 2.26. The lowest BCUT2D eigenvalue weighted by Crippen LogP contribution is -2.61. The number of amides is 1. The van der Waals surface area contributed by atoms with E-state index in [2.05, 4.69) is 86.8 Å². The Morgan fingerprint density at radius 3 is 1.33 bits per heavy atom. The Hall–Kier alpha value is -3.16. The summed E-state index contributed by atoms with van der Waals surface area (Å²) < 4.78 is 17.6. The minimum atomic E-state index is -1.64. The van der Waals surface area contributed by atoms with E-state index in [0.29, 0.717) is 19.3 Å². The van der Waals surface area contributed by atoms with Gasteiger partial charge in [0.2, 0.25) is 5.91 Å². The lowest BCUT2D eigenvalue weighted by atomic mass is 9.99. The van der Waals surface area contributed by atoms with Crippen molar-refractivity contribution in [3.8, 4) is 0 Å². The van der Waals surface area contributed by atoms with E-state index in [4.69, 9.17) is 14.2 Å². The average molecular weight is 1150 g/mol. The molecule has 0 aromatic heterocycles. The Balaban J connectivity index is 2.62. The van der Waals surface area contributed by atoms with Crippen LogP contribution in [0.4, 0.5) is 0 Å². The lowest BCUT2D eigenvalue weighted by molar-refractivity contribution is -0.305. The summed E-state index contributed by atoms with van der Waals surface area (Å²) in [6.07, 6.45) is 66.4. The van der Waals surface area contributed by atoms with E-state index in [9.17, 15) is 35.1 Å². The normalized spacial score (nSPS) is 19.1. The van der Waals surface area contributed by atoms with Crippen molar-refractivity contribution in [2.45, 2.75) is 339 Å². The van der Waals surface area contributed by atoms with Gasteiger partial charge in [-0.2, -0.15) is 0 Å². The average Bonchev–Trinajstić information content (AvgIpc) is 3.60. The third kappa shape index (κ3) is 45.2. The van der Waals surface area contributed by atoms with Crippen molar-refractivity contribution in [3.63, 3.8) is 0 Å². The van der Waals surface area contributed by atoms with Gasteiger partial charge in [-0.25, -0.2) is 0 Å². The second-order valence-electron chi connectivity index (χ2n) is 23.2. The highest BCUT2D eigenvalue weighted by atomic mass is 16.7. The summed E-state index contributed by atoms with van der Waals surface area (Å²) in [5, 5.41) is 57.1. The van der Waals surface area contributed by atoms with Gasteiger partial charge >= 0.3 is 5.97 Å². The Morgan fingerprint density at radius 2 is 0.878 bits per heavy atom. The summed E-state index contributed by atoms with van der Waals surface area (Å²) in [5.41, 5.74) is 0. The van der Waals surface area contributed by atoms with Crippen LogP contribution >= 0.6 is 0 Å². The monoisotopic (exact) mass is 1150 g/mol. The molecule has 11 heteroatoms. The maximum atomic E-state index is 13.5. The summed E-state index contributed by atoms with van der Waals surface area (Å²) >= 11 is 0. The van der Waals surface area contributed by atoms with Crippen LogP contribution in [0.15, 0.2) is 85.1 Å². The standard InChI is InChI=1S/C71H125NO10/c1-4-7-10-13-16-19-22-25-27-29-30-31-32-33-34-35-37-38-40-43-46-49-52-55-58-64(75)70(79)72-62(63(74)57-54-51-48-45-42-24-21-18-15-12-9-6-3)61-80-71-69(68(78)67(77)65(60-73)81-71)82-66(76)59-56-53-50-47-44-41-39-36-28-26-23-20-17-14-11-8-5-2/h8,11,17,20,25-28,39,41,47,50,54,57,62-65,67-69,71,73-75,77-78H,4-7,9-10,12-16,18-19,21-24,29-38,40,42-46,48-49,51-53,55-56,58-61H2,1-3H3,(H,72,79)/b11-8-,20-17-,27-25+,28-26-,41-39-,50-47-,57-54+. The number of carbonyl (C=O) groups excluding carboxylic acids is 2. The van der Waals surface area contributed by atoms with E-state index in [1.54, 1.807) is 6.08 Å². The second kappa shape index (κ2) is 58.2. The molecular weight excluding hydrogens is 1030 g/mol. The molecule has 11 nitrogen and oxygen atoms in total. The lowest BCUT2D eigenvalue weighted by Gasteiger charge is -2.41. The topological polar surface area (TPSA) is 175 Å². The smallest absolute Gasteiger partial charge is 0.306 e. The molecule has 1 heterocycles. The van der Waals surface area contributed by atoms with E-state index >= 15 is 0 Å². The predicted molar refractivity (Wildman–Crippen MR) is 342 cm³/mol. The third-order valence-corrected chi connectivity index (χ3v) is 15.5. The number of ether oxygens (including phenoxy) is 3. The molecule has 0 aliphatic carbocycles. The molecule has 0 spiro atoms. The van der Waals surface area contributed by atoms with Crippen LogP contribution in [0, 0.1) is 0 Å². The Bertz CT molecular complexity index is 1660. The first kappa shape index (κ1) is 76.9. The number of unbranched alkanes of at least 4 members (excludes halogenated alkanes) is 31. The fourth-order valence-electron chi connectivity index (χ4n) is 10.2. The predicted octanol–water partition coefficient (Wildman–Crippen LogP) is 16.9. The van der Waals surface area contributed by atoms with E-state index in [1.807, 2.05) is 18.2 Å². The molecule has 1 amide bonds. The Labute approximate surface area is 502 Å². The summed E-state index contributed by atoms with van der Waals surface area (Å²) in [5.74, 6) is -1.25. The van der Waals surface area contributed by atoms with Gasteiger partial charge in [0, 0.05) is 6.42 Å². The van der Waals surface area contributed by atoms with Crippen LogP contribution in [-0.2, 0) is 23.8 Å². The van der Waals surface area contributed by atoms with Crippen LogP contribution in [0.25, 0.3) is 0 Å². The molecule has 1 rings (SSSR count). The zero-order valence-corrected chi connectivity index (χ0v) is 52.6. The number of rotatable bonds is 57. The first-order chi connectivity index (χ1) is 40.2. The van der Waals surface area contributed by atoms with Gasteiger partial charge < -0.3 is 45.1 Å². The molecule has 0 saturated carbocycles. The van der Waals surface area contributed by atoms with Crippen molar-refractivity contribution in [2.24, 2.45) is 0 Å². The first-order valence-corrected chi connectivity index (χ1v) is 33.9. The molecule has 1 fully saturated rings. The summed E-state index contributed by atoms with van der Waals surface area (Å²) in [4.78, 5) is 26.6. The number of hydrogen-bond donors (Lipinski definition) is 6. The van der Waals surface area contributed by atoms with Gasteiger partial charge in [-0.1, -0.05) is 279 Å². The van der Waals surface area contributed by atoms with Gasteiger partial charge in [0.15, 0.2) is 12.4 Å². The molecule has 8 unspecified atom stereocenters. The van der Waals surface area contributed by atoms with Crippen molar-refractivity contribution in [1.29, 1.82) is 0 Å². The Morgan fingerprint density at radius 1 is 0.488 bits per heavy atom. The zero-order valence-electron chi connectivity index (χ0n) is 52.6. The van der Waals surface area contributed by atoms with Crippen LogP contribution in [0.5, 0.6) is 0 Å². The fourth-order valence-corrected chi connectivity index (χ4v) is 10.2. The largest absolute Gasteiger partial charge is 0.454 e. The summed E-state index contributed by atoms with van der Waals surface area (Å²) in [7, 11) is 0. The van der Waals surface area contributed by atoms with Crippen LogP contribution in [0.1, 0.15) is 290 Å².